The fraction of sp³-hybridized carbons (Fsp3) is 0.333. The van der Waals surface area contributed by atoms with Crippen LogP contribution in [0.25, 0.3) is 5.52 Å². The van der Waals surface area contributed by atoms with E-state index in [1.54, 1.807) is 23.0 Å². The average Bonchev–Trinajstić information content (AvgIpc) is 2.92. The van der Waals surface area contributed by atoms with E-state index in [1.165, 1.54) is 0 Å². The van der Waals surface area contributed by atoms with Crippen molar-refractivity contribution in [2.75, 3.05) is 13.1 Å². The molecule has 144 valence electrons. The zero-order valence-electron chi connectivity index (χ0n) is 15.7. The molecule has 1 N–H and O–H groups in total. The molecule has 1 aliphatic rings. The van der Waals surface area contributed by atoms with Gasteiger partial charge in [-0.1, -0.05) is 18.9 Å². The lowest BCUT2D eigenvalue weighted by molar-refractivity contribution is 0.0748. The molecule has 7 nitrogen and oxygen atoms in total. The number of carbonyl (C=O) groups excluding carboxylic acids is 2. The Hall–Kier alpha value is -3.22. The van der Waals surface area contributed by atoms with E-state index < -0.39 is 0 Å². The molecular weight excluding hydrogens is 354 g/mol. The van der Waals surface area contributed by atoms with E-state index in [0.29, 0.717) is 17.9 Å². The topological polar surface area (TPSA) is 79.6 Å². The van der Waals surface area contributed by atoms with Crippen molar-refractivity contribution in [3.05, 3.63) is 66.0 Å². The molecule has 0 radical (unpaired) electrons. The van der Waals surface area contributed by atoms with Gasteiger partial charge in [-0.3, -0.25) is 19.0 Å². The molecule has 1 aliphatic heterocycles. The number of aromatic nitrogens is 3. The van der Waals surface area contributed by atoms with Crippen LogP contribution in [0, 0.1) is 0 Å². The normalized spacial score (nSPS) is 14.6. The molecule has 7 heteroatoms. The van der Waals surface area contributed by atoms with Gasteiger partial charge in [-0.05, 0) is 42.7 Å². The molecule has 0 atom stereocenters. The molecule has 4 rings (SSSR count). The van der Waals surface area contributed by atoms with Crippen LogP contribution in [0.2, 0.25) is 0 Å². The second-order valence-electron chi connectivity index (χ2n) is 6.98. The summed E-state index contributed by atoms with van der Waals surface area (Å²) in [5.41, 5.74) is 1.86. The van der Waals surface area contributed by atoms with Crippen molar-refractivity contribution < 1.29 is 9.59 Å². The Morgan fingerprint density at radius 3 is 2.50 bits per heavy atom. The molecule has 1 saturated heterocycles. The summed E-state index contributed by atoms with van der Waals surface area (Å²) < 4.78 is 1.72. The smallest absolute Gasteiger partial charge is 0.290 e. The number of likely N-dealkylation sites (tertiary alicyclic amines) is 1. The van der Waals surface area contributed by atoms with E-state index in [4.69, 9.17) is 0 Å². The van der Waals surface area contributed by atoms with Gasteiger partial charge in [0.2, 0.25) is 5.82 Å². The number of carbonyl (C=O) groups is 2. The van der Waals surface area contributed by atoms with Crippen molar-refractivity contribution in [2.45, 2.75) is 32.2 Å². The molecule has 3 aromatic heterocycles. The Bertz CT molecular complexity index is 975. The van der Waals surface area contributed by atoms with E-state index in [-0.39, 0.29) is 17.5 Å². The fourth-order valence-electron chi connectivity index (χ4n) is 3.54. The van der Waals surface area contributed by atoms with Crippen molar-refractivity contribution >= 4 is 17.3 Å². The summed E-state index contributed by atoms with van der Waals surface area (Å²) in [5.74, 6) is -0.113. The summed E-state index contributed by atoms with van der Waals surface area (Å²) >= 11 is 0. The number of hydrogen-bond donors (Lipinski definition) is 1. The first-order chi connectivity index (χ1) is 13.7. The van der Waals surface area contributed by atoms with Gasteiger partial charge in [0, 0.05) is 38.2 Å². The minimum atomic E-state index is -0.296. The Labute approximate surface area is 163 Å². The molecule has 28 heavy (non-hydrogen) atoms. The van der Waals surface area contributed by atoms with Crippen molar-refractivity contribution in [1.29, 1.82) is 0 Å². The minimum absolute atomic E-state index is 0.115. The third-order valence-corrected chi connectivity index (χ3v) is 5.05. The van der Waals surface area contributed by atoms with Crippen LogP contribution in [0.4, 0.5) is 0 Å². The van der Waals surface area contributed by atoms with Gasteiger partial charge in [-0.25, -0.2) is 4.98 Å². The molecular formula is C21H23N5O2. The summed E-state index contributed by atoms with van der Waals surface area (Å²) in [7, 11) is 0. The molecule has 3 aromatic rings. The van der Waals surface area contributed by atoms with Crippen LogP contribution in [-0.2, 0) is 6.54 Å². The second-order valence-corrected chi connectivity index (χ2v) is 6.98. The highest BCUT2D eigenvalue weighted by Crippen LogP contribution is 2.17. The predicted molar refractivity (Wildman–Crippen MR) is 105 cm³/mol. The Kier molecular flexibility index (Phi) is 5.32. The van der Waals surface area contributed by atoms with Gasteiger partial charge in [-0.2, -0.15) is 0 Å². The minimum Gasteiger partial charge on any atom is -0.347 e. The third kappa shape index (κ3) is 3.74. The maximum absolute atomic E-state index is 13.1. The van der Waals surface area contributed by atoms with Crippen molar-refractivity contribution in [2.24, 2.45) is 0 Å². The molecule has 0 saturated carbocycles. The van der Waals surface area contributed by atoms with Crippen molar-refractivity contribution in [3.8, 4) is 0 Å². The van der Waals surface area contributed by atoms with E-state index in [2.05, 4.69) is 15.3 Å². The number of pyridine rings is 2. The van der Waals surface area contributed by atoms with Crippen LogP contribution in [0.5, 0.6) is 0 Å². The van der Waals surface area contributed by atoms with Crippen molar-refractivity contribution in [3.63, 3.8) is 0 Å². The maximum Gasteiger partial charge on any atom is 0.290 e. The molecule has 0 aliphatic carbocycles. The summed E-state index contributed by atoms with van der Waals surface area (Å²) in [6.07, 6.45) is 9.47. The largest absolute Gasteiger partial charge is 0.347 e. The Morgan fingerprint density at radius 2 is 1.75 bits per heavy atom. The maximum atomic E-state index is 13.1. The predicted octanol–water partition coefficient (Wildman–Crippen LogP) is 2.68. The van der Waals surface area contributed by atoms with E-state index in [0.717, 1.165) is 44.3 Å². The molecule has 4 heterocycles. The first kappa shape index (κ1) is 18.2. The molecule has 0 bridgehead atoms. The zero-order valence-corrected chi connectivity index (χ0v) is 15.7. The first-order valence-electron chi connectivity index (χ1n) is 9.67. The van der Waals surface area contributed by atoms with Gasteiger partial charge in [0.05, 0.1) is 5.52 Å². The fourth-order valence-corrected chi connectivity index (χ4v) is 3.54. The number of nitrogens with one attached hydrogen (secondary N) is 1. The van der Waals surface area contributed by atoms with Crippen molar-refractivity contribution in [1.82, 2.24) is 24.6 Å². The number of amides is 2. The highest BCUT2D eigenvalue weighted by Gasteiger charge is 2.25. The molecule has 0 spiro atoms. The SMILES string of the molecule is O=C(NCc1ccncc1)c1nc(C(=O)N2CCCCCC2)n2ccccc12. The number of imidazole rings is 1. The number of nitrogens with zero attached hydrogens (tertiary/aromatic N) is 4. The average molecular weight is 377 g/mol. The Balaban J connectivity index is 1.60. The van der Waals surface area contributed by atoms with Crippen LogP contribution >= 0.6 is 0 Å². The molecule has 0 unspecified atom stereocenters. The summed E-state index contributed by atoms with van der Waals surface area (Å²) in [5, 5.41) is 2.88. The van der Waals surface area contributed by atoms with Crippen LogP contribution in [0.15, 0.2) is 48.9 Å². The lowest BCUT2D eigenvalue weighted by Gasteiger charge is -2.19. The van der Waals surface area contributed by atoms with Gasteiger partial charge in [0.15, 0.2) is 5.69 Å². The van der Waals surface area contributed by atoms with Crippen LogP contribution in [0.1, 0.15) is 52.4 Å². The number of rotatable bonds is 4. The first-order valence-corrected chi connectivity index (χ1v) is 9.67. The molecule has 2 amide bonds. The van der Waals surface area contributed by atoms with Crippen LogP contribution in [-0.4, -0.2) is 44.2 Å². The lowest BCUT2D eigenvalue weighted by Crippen LogP contribution is -2.33. The highest BCUT2D eigenvalue weighted by molar-refractivity contribution is 6.02. The quantitative estimate of drug-likeness (QED) is 0.758. The molecule has 1 fully saturated rings. The lowest BCUT2D eigenvalue weighted by atomic mass is 10.2. The number of hydrogen-bond acceptors (Lipinski definition) is 4. The third-order valence-electron chi connectivity index (χ3n) is 5.05. The van der Waals surface area contributed by atoms with E-state index in [9.17, 15) is 9.59 Å². The van der Waals surface area contributed by atoms with Gasteiger partial charge >= 0.3 is 0 Å². The van der Waals surface area contributed by atoms with Gasteiger partial charge in [0.1, 0.15) is 0 Å². The summed E-state index contributed by atoms with van der Waals surface area (Å²) in [4.78, 5) is 36.1. The van der Waals surface area contributed by atoms with E-state index in [1.807, 2.05) is 35.2 Å². The van der Waals surface area contributed by atoms with Gasteiger partial charge in [0.25, 0.3) is 11.8 Å². The monoisotopic (exact) mass is 377 g/mol. The second kappa shape index (κ2) is 8.21. The standard InChI is InChI=1S/C21H23N5O2/c27-20(23-15-16-8-10-22-11-9-16)18-17-7-3-6-14-26(17)19(24-18)21(28)25-12-4-1-2-5-13-25/h3,6-11,14H,1-2,4-5,12-13,15H2,(H,23,27). The molecule has 0 aromatic carbocycles. The Morgan fingerprint density at radius 1 is 1.00 bits per heavy atom. The van der Waals surface area contributed by atoms with Gasteiger partial charge in [-0.15, -0.1) is 0 Å². The zero-order chi connectivity index (χ0) is 19.3. The van der Waals surface area contributed by atoms with Crippen LogP contribution in [0.3, 0.4) is 0 Å². The summed E-state index contributed by atoms with van der Waals surface area (Å²) in [6, 6.07) is 9.19. The van der Waals surface area contributed by atoms with E-state index >= 15 is 0 Å². The van der Waals surface area contributed by atoms with Crippen LogP contribution < -0.4 is 5.32 Å². The number of fused-ring (bicyclic) bond motifs is 1. The van der Waals surface area contributed by atoms with Gasteiger partial charge < -0.3 is 10.2 Å². The highest BCUT2D eigenvalue weighted by atomic mass is 16.2. The summed E-state index contributed by atoms with van der Waals surface area (Å²) in [6.45, 7) is 1.86.